The third-order valence-corrected chi connectivity index (χ3v) is 8.34. The third kappa shape index (κ3) is 4.18. The van der Waals surface area contributed by atoms with Crippen LogP contribution in [0.3, 0.4) is 0 Å². The van der Waals surface area contributed by atoms with Crippen LogP contribution in [0.4, 0.5) is 5.69 Å². The molecule has 1 aliphatic carbocycles. The summed E-state index contributed by atoms with van der Waals surface area (Å²) >= 11 is 0. The Kier molecular flexibility index (Phi) is 6.07. The first-order valence-electron chi connectivity index (χ1n) is 12.6. The molecule has 1 amide bonds. The van der Waals surface area contributed by atoms with Crippen LogP contribution in [0.5, 0.6) is 0 Å². The number of hydrogen-bond donors (Lipinski definition) is 2. The Balaban J connectivity index is 1.54. The lowest BCUT2D eigenvalue weighted by Gasteiger charge is -2.49. The molecule has 0 radical (unpaired) electrons. The normalized spacial score (nSPS) is 26.3. The molecule has 34 heavy (non-hydrogen) atoms. The fraction of sp³-hybridized carbons (Fsp3) is 0.448. The summed E-state index contributed by atoms with van der Waals surface area (Å²) in [6, 6.07) is 16.6. The molecule has 0 saturated heterocycles. The van der Waals surface area contributed by atoms with Gasteiger partial charge in [0.1, 0.15) is 0 Å². The summed E-state index contributed by atoms with van der Waals surface area (Å²) in [7, 11) is 0. The van der Waals surface area contributed by atoms with Crippen molar-refractivity contribution in [1.29, 1.82) is 0 Å². The summed E-state index contributed by atoms with van der Waals surface area (Å²) in [6.45, 7) is 4.92. The Hall–Kier alpha value is -2.92. The van der Waals surface area contributed by atoms with Gasteiger partial charge < -0.3 is 15.0 Å². The van der Waals surface area contributed by atoms with Gasteiger partial charge in [-0.1, -0.05) is 37.3 Å². The maximum atomic E-state index is 13.2. The van der Waals surface area contributed by atoms with Crippen molar-refractivity contribution < 1.29 is 9.90 Å². The van der Waals surface area contributed by atoms with E-state index in [1.807, 2.05) is 25.3 Å². The van der Waals surface area contributed by atoms with Gasteiger partial charge in [0.05, 0.1) is 22.5 Å². The topological polar surface area (TPSA) is 67.2 Å². The fourth-order valence-corrected chi connectivity index (χ4v) is 6.30. The number of fused-ring (bicyclic) bond motifs is 3. The highest BCUT2D eigenvalue weighted by atomic mass is 16.3. The van der Waals surface area contributed by atoms with Crippen LogP contribution in [0.15, 0.2) is 60.9 Å². The van der Waals surface area contributed by atoms with Crippen LogP contribution in [0, 0.1) is 12.8 Å². The Bertz CT molecular complexity index is 1170. The average Bonchev–Trinajstić information content (AvgIpc) is 3.22. The summed E-state index contributed by atoms with van der Waals surface area (Å²) in [6.07, 6.45) is 10.2. The minimum absolute atomic E-state index is 0.0813. The molecule has 5 heteroatoms. The molecule has 1 fully saturated rings. The Morgan fingerprint density at radius 1 is 1.21 bits per heavy atom. The molecule has 178 valence electrons. The van der Waals surface area contributed by atoms with Crippen LogP contribution in [-0.4, -0.2) is 26.2 Å². The van der Waals surface area contributed by atoms with E-state index in [0.29, 0.717) is 11.5 Å². The van der Waals surface area contributed by atoms with Crippen molar-refractivity contribution >= 4 is 11.6 Å². The second-order valence-electron chi connectivity index (χ2n) is 10.3. The van der Waals surface area contributed by atoms with Gasteiger partial charge in [-0.05, 0) is 81.5 Å². The van der Waals surface area contributed by atoms with Gasteiger partial charge in [-0.25, -0.2) is 0 Å². The Labute approximate surface area is 202 Å². The number of pyridine rings is 1. The van der Waals surface area contributed by atoms with Crippen molar-refractivity contribution in [1.82, 2.24) is 9.55 Å². The van der Waals surface area contributed by atoms with E-state index in [2.05, 4.69) is 58.2 Å². The lowest BCUT2D eigenvalue weighted by atomic mass is 9.57. The number of nitrogens with zero attached hydrogens (tertiary/aromatic N) is 2. The molecule has 1 saturated carbocycles. The maximum Gasteiger partial charge on any atom is 0.257 e. The zero-order valence-electron chi connectivity index (χ0n) is 20.3. The van der Waals surface area contributed by atoms with Gasteiger partial charge in [0.25, 0.3) is 5.91 Å². The van der Waals surface area contributed by atoms with Crippen molar-refractivity contribution in [2.75, 3.05) is 5.32 Å². The van der Waals surface area contributed by atoms with E-state index in [1.165, 1.54) is 11.3 Å². The van der Waals surface area contributed by atoms with Crippen molar-refractivity contribution in [2.45, 2.75) is 76.4 Å². The number of benzene rings is 1. The summed E-state index contributed by atoms with van der Waals surface area (Å²) < 4.78 is 2.32. The van der Waals surface area contributed by atoms with Gasteiger partial charge in [0.2, 0.25) is 0 Å². The van der Waals surface area contributed by atoms with Crippen LogP contribution in [0.1, 0.15) is 72.8 Å². The van der Waals surface area contributed by atoms with Crippen LogP contribution < -0.4 is 5.32 Å². The molecular formula is C29H35N3O2. The second kappa shape index (κ2) is 9.03. The van der Waals surface area contributed by atoms with E-state index in [-0.39, 0.29) is 11.3 Å². The number of rotatable bonds is 5. The summed E-state index contributed by atoms with van der Waals surface area (Å²) in [5.74, 6) is 0.294. The van der Waals surface area contributed by atoms with Gasteiger partial charge in [-0.15, -0.1) is 0 Å². The molecule has 5 nitrogen and oxygen atoms in total. The lowest BCUT2D eigenvalue weighted by Crippen LogP contribution is -2.49. The van der Waals surface area contributed by atoms with Crippen LogP contribution >= 0.6 is 0 Å². The summed E-state index contributed by atoms with van der Waals surface area (Å²) in [5, 5.41) is 14.3. The number of amides is 1. The molecule has 3 heterocycles. The van der Waals surface area contributed by atoms with Crippen molar-refractivity contribution in [3.63, 3.8) is 0 Å². The second-order valence-corrected chi connectivity index (χ2v) is 10.3. The van der Waals surface area contributed by atoms with E-state index >= 15 is 0 Å². The first kappa shape index (κ1) is 22.9. The maximum absolute atomic E-state index is 13.2. The smallest absolute Gasteiger partial charge is 0.257 e. The van der Waals surface area contributed by atoms with E-state index in [1.54, 1.807) is 6.20 Å². The monoisotopic (exact) mass is 457 g/mol. The quantitative estimate of drug-likeness (QED) is 0.520. The first-order valence-corrected chi connectivity index (χ1v) is 12.6. The molecular weight excluding hydrogens is 422 g/mol. The van der Waals surface area contributed by atoms with E-state index in [0.717, 1.165) is 62.9 Å². The zero-order chi connectivity index (χ0) is 23.8. The lowest BCUT2D eigenvalue weighted by molar-refractivity contribution is -0.0502. The molecule has 3 atom stereocenters. The number of nitrogens with one attached hydrogen (secondary N) is 1. The van der Waals surface area contributed by atoms with Crippen LogP contribution in [0.25, 0.3) is 0 Å². The van der Waals surface area contributed by atoms with Gasteiger partial charge in [0, 0.05) is 30.0 Å². The van der Waals surface area contributed by atoms with Gasteiger partial charge >= 0.3 is 0 Å². The van der Waals surface area contributed by atoms with Crippen molar-refractivity contribution in [3.8, 4) is 0 Å². The summed E-state index contributed by atoms with van der Waals surface area (Å²) in [5.41, 5.74) is 4.17. The predicted octanol–water partition coefficient (Wildman–Crippen LogP) is 5.66. The highest BCUT2D eigenvalue weighted by molar-refractivity contribution is 6.04. The number of anilines is 1. The predicted molar refractivity (Wildman–Crippen MR) is 135 cm³/mol. The molecule has 1 aromatic carbocycles. The Morgan fingerprint density at radius 2 is 2.03 bits per heavy atom. The Morgan fingerprint density at radius 3 is 2.79 bits per heavy atom. The zero-order valence-corrected chi connectivity index (χ0v) is 20.3. The van der Waals surface area contributed by atoms with E-state index in [4.69, 9.17) is 0 Å². The van der Waals surface area contributed by atoms with Gasteiger partial charge in [-0.3, -0.25) is 9.78 Å². The van der Waals surface area contributed by atoms with E-state index < -0.39 is 5.60 Å². The molecule has 0 spiro atoms. The number of aryl methyl sites for hydroxylation is 2. The van der Waals surface area contributed by atoms with Gasteiger partial charge in [0.15, 0.2) is 0 Å². The molecule has 2 aliphatic rings. The minimum Gasteiger partial charge on any atom is -0.390 e. The van der Waals surface area contributed by atoms with Gasteiger partial charge in [-0.2, -0.15) is 0 Å². The highest BCUT2D eigenvalue weighted by Crippen LogP contribution is 2.53. The molecule has 0 unspecified atom stereocenters. The van der Waals surface area contributed by atoms with Crippen molar-refractivity contribution in [3.05, 3.63) is 83.4 Å². The molecule has 2 aromatic heterocycles. The summed E-state index contributed by atoms with van der Waals surface area (Å²) in [4.78, 5) is 17.5. The molecule has 1 aliphatic heterocycles. The molecule has 2 N–H and O–H groups in total. The number of aliphatic hydroxyl groups is 1. The largest absolute Gasteiger partial charge is 0.390 e. The number of aromatic nitrogens is 2. The number of hydrogen-bond acceptors (Lipinski definition) is 3. The molecule has 5 rings (SSSR count). The van der Waals surface area contributed by atoms with Crippen LogP contribution in [-0.2, 0) is 18.4 Å². The number of carbonyl (C=O) groups excluding carboxylic acids is 1. The minimum atomic E-state index is -0.579. The van der Waals surface area contributed by atoms with E-state index in [9.17, 15) is 9.90 Å². The highest BCUT2D eigenvalue weighted by Gasteiger charge is 2.50. The first-order chi connectivity index (χ1) is 16.4. The van der Waals surface area contributed by atoms with Crippen LogP contribution in [0.2, 0.25) is 0 Å². The average molecular weight is 458 g/mol. The fourth-order valence-electron chi connectivity index (χ4n) is 6.30. The SMILES string of the molecule is CC[C@@]1(O)CC[C@@]2(Cc3ccccc3)c3cc(C(=O)Nc4cccnc4C)cn3CCC[C@H]2C1. The molecule has 3 aromatic rings. The standard InChI is InChI=1S/C29H35N3O2/c1-3-28(34)13-14-29(18-22-9-5-4-6-10-22)24(19-28)11-8-16-32-20-23(17-26(29)32)27(33)31-25-12-7-15-30-21(25)2/h4-7,9-10,12,15,17,20,24,34H,3,8,11,13-14,16,18-19H2,1-2H3,(H,31,33)/t24-,28+,29-/m0/s1. The third-order valence-electron chi connectivity index (χ3n) is 8.34. The molecule has 0 bridgehead atoms. The number of carbonyl (C=O) groups is 1. The van der Waals surface area contributed by atoms with Crippen molar-refractivity contribution in [2.24, 2.45) is 5.92 Å².